The summed E-state index contributed by atoms with van der Waals surface area (Å²) in [6.45, 7) is 0. The van der Waals surface area contributed by atoms with Gasteiger partial charge < -0.3 is 0 Å². The molecule has 9 heteroatoms. The summed E-state index contributed by atoms with van der Waals surface area (Å²) in [5, 5.41) is 7.11. The SMILES string of the molecule is O=C(CS(=O)(=O)Cc1n[nH]c(=S)s1)c1ccc(Cl)cc1. The van der Waals surface area contributed by atoms with E-state index < -0.39 is 21.4 Å². The normalized spacial score (nSPS) is 11.4. The number of nitrogens with zero attached hydrogens (tertiary/aromatic N) is 1. The first-order valence-corrected chi connectivity index (χ1v) is 8.82. The minimum Gasteiger partial charge on any atom is -0.293 e. The standard InChI is InChI=1S/C11H9ClN2O3S3/c12-8-3-1-7(2-4-8)9(15)5-20(16,17)6-10-13-14-11(18)19-10/h1-4H,5-6H2,(H,14,18). The van der Waals surface area contributed by atoms with Crippen molar-refractivity contribution in [2.45, 2.75) is 5.75 Å². The molecule has 0 unspecified atom stereocenters. The molecule has 0 saturated heterocycles. The van der Waals surface area contributed by atoms with Crippen molar-refractivity contribution in [1.82, 2.24) is 10.2 Å². The van der Waals surface area contributed by atoms with Crippen molar-refractivity contribution in [1.29, 1.82) is 0 Å². The van der Waals surface area contributed by atoms with Gasteiger partial charge in [-0.1, -0.05) is 22.9 Å². The second-order valence-electron chi connectivity index (χ2n) is 3.97. The van der Waals surface area contributed by atoms with Gasteiger partial charge in [0.2, 0.25) is 0 Å². The first kappa shape index (κ1) is 15.3. The third-order valence-electron chi connectivity index (χ3n) is 2.34. The first-order chi connectivity index (χ1) is 9.35. The third-order valence-corrected chi connectivity index (χ3v) is 5.28. The Labute approximate surface area is 129 Å². The summed E-state index contributed by atoms with van der Waals surface area (Å²) in [6.07, 6.45) is 0. The number of carbonyl (C=O) groups is 1. The number of nitrogens with one attached hydrogen (secondary N) is 1. The van der Waals surface area contributed by atoms with E-state index in [0.717, 1.165) is 11.3 Å². The minimum absolute atomic E-state index is 0.301. The molecular weight excluding hydrogens is 340 g/mol. The van der Waals surface area contributed by atoms with Crippen LogP contribution in [0.15, 0.2) is 24.3 Å². The van der Waals surface area contributed by atoms with Gasteiger partial charge in [-0.15, -0.1) is 0 Å². The van der Waals surface area contributed by atoms with Crippen LogP contribution in [0.1, 0.15) is 15.4 Å². The molecule has 1 aromatic carbocycles. The Hall–Kier alpha value is -1.09. The Morgan fingerprint density at radius 1 is 1.35 bits per heavy atom. The van der Waals surface area contributed by atoms with Crippen molar-refractivity contribution in [2.75, 3.05) is 5.75 Å². The summed E-state index contributed by atoms with van der Waals surface area (Å²) in [5.74, 6) is -1.34. The molecule has 0 fully saturated rings. The number of aromatic nitrogens is 2. The molecule has 20 heavy (non-hydrogen) atoms. The molecule has 1 N–H and O–H groups in total. The number of Topliss-reactive ketones (excluding diaryl/α,β-unsaturated/α-hetero) is 1. The fourth-order valence-corrected chi connectivity index (χ4v) is 4.22. The van der Waals surface area contributed by atoms with Crippen molar-refractivity contribution >= 4 is 50.8 Å². The van der Waals surface area contributed by atoms with Crippen LogP contribution in [0.4, 0.5) is 0 Å². The van der Waals surface area contributed by atoms with Gasteiger partial charge in [0.15, 0.2) is 19.6 Å². The lowest BCUT2D eigenvalue weighted by atomic mass is 10.1. The largest absolute Gasteiger partial charge is 0.293 e. The lowest BCUT2D eigenvalue weighted by molar-refractivity contribution is 0.102. The molecule has 0 spiro atoms. The van der Waals surface area contributed by atoms with Gasteiger partial charge in [-0.3, -0.25) is 9.89 Å². The number of hydrogen-bond acceptors (Lipinski definition) is 6. The monoisotopic (exact) mass is 348 g/mol. The fourth-order valence-electron chi connectivity index (χ4n) is 1.48. The zero-order chi connectivity index (χ0) is 14.8. The highest BCUT2D eigenvalue weighted by molar-refractivity contribution is 7.91. The second-order valence-corrected chi connectivity index (χ2v) is 8.22. The van der Waals surface area contributed by atoms with Gasteiger partial charge in [0.05, 0.1) is 0 Å². The van der Waals surface area contributed by atoms with Gasteiger partial charge in [-0.05, 0) is 36.5 Å². The number of aromatic amines is 1. The van der Waals surface area contributed by atoms with E-state index in [1.165, 1.54) is 12.1 Å². The molecule has 0 bridgehead atoms. The van der Waals surface area contributed by atoms with Gasteiger partial charge >= 0.3 is 0 Å². The number of sulfone groups is 1. The molecule has 0 atom stereocenters. The van der Waals surface area contributed by atoms with Gasteiger partial charge in [0, 0.05) is 10.6 Å². The summed E-state index contributed by atoms with van der Waals surface area (Å²) in [7, 11) is -3.58. The van der Waals surface area contributed by atoms with Crippen LogP contribution in [0.2, 0.25) is 5.02 Å². The van der Waals surface area contributed by atoms with E-state index in [0.29, 0.717) is 19.5 Å². The van der Waals surface area contributed by atoms with Gasteiger partial charge in [0.1, 0.15) is 16.5 Å². The Morgan fingerprint density at radius 2 is 2.00 bits per heavy atom. The van der Waals surface area contributed by atoms with Crippen LogP contribution in [0.25, 0.3) is 0 Å². The van der Waals surface area contributed by atoms with Crippen molar-refractivity contribution in [3.8, 4) is 0 Å². The molecule has 2 rings (SSSR count). The average molecular weight is 349 g/mol. The van der Waals surface area contributed by atoms with E-state index >= 15 is 0 Å². The third kappa shape index (κ3) is 4.20. The van der Waals surface area contributed by atoms with Crippen molar-refractivity contribution < 1.29 is 13.2 Å². The van der Waals surface area contributed by atoms with Crippen molar-refractivity contribution in [3.05, 3.63) is 43.8 Å². The topological polar surface area (TPSA) is 79.9 Å². The molecule has 0 amide bonds. The molecule has 1 aromatic heterocycles. The van der Waals surface area contributed by atoms with Crippen LogP contribution in [0, 0.1) is 3.95 Å². The number of carbonyl (C=O) groups excluding carboxylic acids is 1. The van der Waals surface area contributed by atoms with E-state index in [1.807, 2.05) is 0 Å². The van der Waals surface area contributed by atoms with Crippen LogP contribution in [-0.2, 0) is 15.6 Å². The number of halogens is 1. The second kappa shape index (κ2) is 6.13. The quantitative estimate of drug-likeness (QED) is 0.663. The maximum Gasteiger partial charge on any atom is 0.177 e. The number of hydrogen-bond donors (Lipinski definition) is 1. The van der Waals surface area contributed by atoms with E-state index in [4.69, 9.17) is 23.8 Å². The van der Waals surface area contributed by atoms with E-state index in [2.05, 4.69) is 10.2 Å². The predicted molar refractivity (Wildman–Crippen MR) is 80.6 cm³/mol. The molecule has 0 aliphatic carbocycles. The molecule has 0 saturated carbocycles. The Balaban J connectivity index is 2.10. The summed E-state index contributed by atoms with van der Waals surface area (Å²) < 4.78 is 24.3. The van der Waals surface area contributed by atoms with Gasteiger partial charge in [0.25, 0.3) is 0 Å². The smallest absolute Gasteiger partial charge is 0.177 e. The number of benzene rings is 1. The average Bonchev–Trinajstić information content (AvgIpc) is 2.73. The van der Waals surface area contributed by atoms with Crippen LogP contribution >= 0.6 is 35.2 Å². The van der Waals surface area contributed by atoms with E-state index in [9.17, 15) is 13.2 Å². The maximum absolute atomic E-state index is 11.9. The molecule has 0 aliphatic heterocycles. The highest BCUT2D eigenvalue weighted by atomic mass is 35.5. The minimum atomic E-state index is -3.58. The van der Waals surface area contributed by atoms with E-state index in [-0.39, 0.29) is 5.75 Å². The number of H-pyrrole nitrogens is 1. The first-order valence-electron chi connectivity index (χ1n) is 5.39. The van der Waals surface area contributed by atoms with Gasteiger partial charge in [-0.25, -0.2) is 8.42 Å². The zero-order valence-electron chi connectivity index (χ0n) is 10.00. The predicted octanol–water partition coefficient (Wildman–Crippen LogP) is 2.65. The molecule has 0 radical (unpaired) electrons. The Bertz CT molecular complexity index is 778. The van der Waals surface area contributed by atoms with E-state index in [1.54, 1.807) is 12.1 Å². The van der Waals surface area contributed by atoms with Crippen molar-refractivity contribution in [2.24, 2.45) is 0 Å². The highest BCUT2D eigenvalue weighted by Gasteiger charge is 2.20. The summed E-state index contributed by atoms with van der Waals surface area (Å²) >= 11 is 11.6. The number of ketones is 1. The highest BCUT2D eigenvalue weighted by Crippen LogP contribution is 2.13. The fraction of sp³-hybridized carbons (Fsp3) is 0.182. The summed E-state index contributed by atoms with van der Waals surface area (Å²) in [5.41, 5.74) is 0.313. The number of rotatable bonds is 5. The molecule has 106 valence electrons. The lowest BCUT2D eigenvalue weighted by Gasteiger charge is -2.02. The molecular formula is C11H9ClN2O3S3. The van der Waals surface area contributed by atoms with Crippen LogP contribution < -0.4 is 0 Å². The van der Waals surface area contributed by atoms with Crippen LogP contribution in [0.3, 0.4) is 0 Å². The Morgan fingerprint density at radius 3 is 2.55 bits per heavy atom. The molecule has 2 aromatic rings. The summed E-state index contributed by atoms with van der Waals surface area (Å²) in [4.78, 5) is 11.9. The summed E-state index contributed by atoms with van der Waals surface area (Å²) in [6, 6.07) is 6.08. The molecule has 5 nitrogen and oxygen atoms in total. The Kier molecular flexibility index (Phi) is 4.69. The van der Waals surface area contributed by atoms with Gasteiger partial charge in [-0.2, -0.15) is 5.10 Å². The molecule has 1 heterocycles. The molecule has 0 aliphatic rings. The van der Waals surface area contributed by atoms with Crippen LogP contribution in [-0.4, -0.2) is 30.2 Å². The lowest BCUT2D eigenvalue weighted by Crippen LogP contribution is -2.17. The maximum atomic E-state index is 11.9. The zero-order valence-corrected chi connectivity index (χ0v) is 13.2. The van der Waals surface area contributed by atoms with Crippen LogP contribution in [0.5, 0.6) is 0 Å². The van der Waals surface area contributed by atoms with Crippen molar-refractivity contribution in [3.63, 3.8) is 0 Å².